The molecule has 4 rings (SSSR count). The summed E-state index contributed by atoms with van der Waals surface area (Å²) in [5.41, 5.74) is -1.51. The number of aromatic nitrogens is 2. The molecule has 35 heavy (non-hydrogen) atoms. The minimum Gasteiger partial charge on any atom is -0.494 e. The van der Waals surface area contributed by atoms with Crippen molar-refractivity contribution in [2.45, 2.75) is 24.2 Å². The van der Waals surface area contributed by atoms with Gasteiger partial charge in [0.25, 0.3) is 5.56 Å². The summed E-state index contributed by atoms with van der Waals surface area (Å²) in [4.78, 5) is 31.1. The molecule has 0 aliphatic carbocycles. The number of aromatic hydroxyl groups is 1. The van der Waals surface area contributed by atoms with Crippen molar-refractivity contribution < 1.29 is 18.3 Å². The lowest BCUT2D eigenvalue weighted by Gasteiger charge is -2.26. The lowest BCUT2D eigenvalue weighted by molar-refractivity contribution is 0.346. The highest BCUT2D eigenvalue weighted by molar-refractivity contribution is 7.89. The number of benzene rings is 2. The Hall–Kier alpha value is -3.41. The molecule has 0 amide bonds. The maximum absolute atomic E-state index is 13.0. The van der Waals surface area contributed by atoms with Crippen LogP contribution in [0.2, 0.25) is 5.02 Å². The molecule has 1 aliphatic rings. The number of H-pyrrole nitrogens is 1. The summed E-state index contributed by atoms with van der Waals surface area (Å²) in [7, 11) is -2.31. The number of sulfonamides is 1. The first kappa shape index (κ1) is 24.7. The second kappa shape index (κ2) is 10.1. The summed E-state index contributed by atoms with van der Waals surface area (Å²) < 4.78 is 33.6. The number of hydrogen-bond donors (Lipinski definition) is 2. The molecule has 0 radical (unpaired) electrons. The average Bonchev–Trinajstić information content (AvgIpc) is 2.84. The third kappa shape index (κ3) is 5.02. The molecule has 0 bridgehead atoms. The normalized spacial score (nSPS) is 14.9. The van der Waals surface area contributed by atoms with Gasteiger partial charge >= 0.3 is 5.69 Å². The number of piperidine rings is 1. The molecule has 0 spiro atoms. The number of ether oxygens (including phenoxy) is 1. The van der Waals surface area contributed by atoms with Crippen molar-refractivity contribution in [2.75, 3.05) is 20.2 Å². The molecule has 0 saturated carbocycles. The first-order valence-electron chi connectivity index (χ1n) is 10.8. The number of nitrogens with one attached hydrogen (secondary N) is 1. The van der Waals surface area contributed by atoms with Crippen LogP contribution in [0.25, 0.3) is 5.69 Å². The average molecular weight is 519 g/mol. The lowest BCUT2D eigenvalue weighted by Crippen LogP contribution is -2.35. The van der Waals surface area contributed by atoms with Crippen molar-refractivity contribution in [3.63, 3.8) is 0 Å². The van der Waals surface area contributed by atoms with Gasteiger partial charge in [0.15, 0.2) is 0 Å². The first-order chi connectivity index (χ1) is 16.7. The Kier molecular flexibility index (Phi) is 7.10. The van der Waals surface area contributed by atoms with Crippen molar-refractivity contribution in [3.8, 4) is 17.3 Å². The van der Waals surface area contributed by atoms with Gasteiger partial charge in [0.05, 0.1) is 17.7 Å². The van der Waals surface area contributed by atoms with Gasteiger partial charge in [-0.05, 0) is 43.2 Å². The summed E-state index contributed by atoms with van der Waals surface area (Å²) in [6.45, 7) is 0.934. The smallest absolute Gasteiger partial charge is 0.335 e. The fraction of sp³-hybridized carbons (Fsp3) is 0.261. The van der Waals surface area contributed by atoms with Gasteiger partial charge in [0.2, 0.25) is 15.9 Å². The highest BCUT2D eigenvalue weighted by atomic mass is 35.5. The number of rotatable bonds is 6. The van der Waals surface area contributed by atoms with Crippen LogP contribution in [0.15, 0.2) is 61.9 Å². The third-order valence-electron chi connectivity index (χ3n) is 5.62. The lowest BCUT2D eigenvalue weighted by atomic mass is 10.2. The maximum Gasteiger partial charge on any atom is 0.335 e. The van der Waals surface area contributed by atoms with Gasteiger partial charge in [-0.1, -0.05) is 24.1 Å². The van der Waals surface area contributed by atoms with Crippen LogP contribution in [-0.2, 0) is 10.0 Å². The van der Waals surface area contributed by atoms with Crippen LogP contribution in [0.1, 0.15) is 24.8 Å². The van der Waals surface area contributed by atoms with E-state index in [4.69, 9.17) is 16.3 Å². The Morgan fingerprint density at radius 3 is 2.54 bits per heavy atom. The van der Waals surface area contributed by atoms with Gasteiger partial charge in [-0.15, -0.1) is 0 Å². The molecule has 0 atom stereocenters. The third-order valence-corrected chi connectivity index (χ3v) is 7.75. The SMILES string of the molecule is COc1cc(S(=O)(=O)N2CCCCC2)ccc1N=Cc1c(O)n(-c2cccc(Cl)c2)c(=O)[nH]c1=O. The molecule has 3 aromatic rings. The second-order valence-electron chi connectivity index (χ2n) is 7.87. The van der Waals surface area contributed by atoms with E-state index in [1.165, 1.54) is 41.7 Å². The summed E-state index contributed by atoms with van der Waals surface area (Å²) in [5, 5.41) is 11.0. The molecular weight excluding hydrogens is 496 g/mol. The number of aromatic amines is 1. The molecule has 2 aromatic carbocycles. The van der Waals surface area contributed by atoms with Crippen molar-refractivity contribution in [2.24, 2.45) is 4.99 Å². The van der Waals surface area contributed by atoms with Crippen molar-refractivity contribution >= 4 is 33.5 Å². The molecule has 184 valence electrons. The predicted molar refractivity (Wildman–Crippen MR) is 132 cm³/mol. The van der Waals surface area contributed by atoms with E-state index in [0.717, 1.165) is 30.0 Å². The summed E-state index contributed by atoms with van der Waals surface area (Å²) in [6.07, 6.45) is 3.70. The van der Waals surface area contributed by atoms with Gasteiger partial charge < -0.3 is 9.84 Å². The maximum atomic E-state index is 13.0. The summed E-state index contributed by atoms with van der Waals surface area (Å²) >= 11 is 5.98. The first-order valence-corrected chi connectivity index (χ1v) is 12.6. The molecule has 10 nitrogen and oxygen atoms in total. The second-order valence-corrected chi connectivity index (χ2v) is 10.2. The predicted octanol–water partition coefficient (Wildman–Crippen LogP) is 2.82. The molecular formula is C23H23ClN4O6S. The Balaban J connectivity index is 1.72. The zero-order valence-electron chi connectivity index (χ0n) is 18.8. The van der Waals surface area contributed by atoms with E-state index in [-0.39, 0.29) is 27.6 Å². The quantitative estimate of drug-likeness (QED) is 0.482. The highest BCUT2D eigenvalue weighted by Gasteiger charge is 2.26. The van der Waals surface area contributed by atoms with Crippen molar-refractivity contribution in [1.82, 2.24) is 13.9 Å². The van der Waals surface area contributed by atoms with Crippen LogP contribution < -0.4 is 16.0 Å². The number of hydrogen-bond acceptors (Lipinski definition) is 7. The molecule has 2 heterocycles. The number of methoxy groups -OCH3 is 1. The fourth-order valence-corrected chi connectivity index (χ4v) is 5.54. The van der Waals surface area contributed by atoms with Gasteiger partial charge in [-0.2, -0.15) is 4.31 Å². The van der Waals surface area contributed by atoms with E-state index in [2.05, 4.69) is 9.98 Å². The molecule has 1 aliphatic heterocycles. The van der Waals surface area contributed by atoms with Crippen LogP contribution in [0, 0.1) is 0 Å². The van der Waals surface area contributed by atoms with Gasteiger partial charge in [0.1, 0.15) is 17.0 Å². The largest absolute Gasteiger partial charge is 0.494 e. The van der Waals surface area contributed by atoms with E-state index < -0.39 is 27.2 Å². The molecule has 1 fully saturated rings. The van der Waals surface area contributed by atoms with E-state index in [9.17, 15) is 23.1 Å². The van der Waals surface area contributed by atoms with Gasteiger partial charge in [-0.25, -0.2) is 17.8 Å². The zero-order valence-corrected chi connectivity index (χ0v) is 20.3. The number of aliphatic imine (C=N–C) groups is 1. The molecule has 1 saturated heterocycles. The van der Waals surface area contributed by atoms with Crippen LogP contribution in [0.5, 0.6) is 11.6 Å². The van der Waals surface area contributed by atoms with Gasteiger partial charge in [-0.3, -0.25) is 14.8 Å². The van der Waals surface area contributed by atoms with Crippen LogP contribution in [0.4, 0.5) is 5.69 Å². The van der Waals surface area contributed by atoms with Crippen LogP contribution in [-0.4, -0.2) is 53.8 Å². The number of halogens is 1. The van der Waals surface area contributed by atoms with E-state index in [1.807, 2.05) is 0 Å². The Morgan fingerprint density at radius 1 is 1.11 bits per heavy atom. The fourth-order valence-electron chi connectivity index (χ4n) is 3.82. The minimum atomic E-state index is -3.68. The van der Waals surface area contributed by atoms with E-state index in [0.29, 0.717) is 18.1 Å². The molecule has 2 N–H and O–H groups in total. The standard InChI is InChI=1S/C23H23ClN4O6S/c1-34-20-13-17(35(32,33)27-10-3-2-4-11-27)8-9-19(20)25-14-18-21(29)26-23(31)28(22(18)30)16-7-5-6-15(24)12-16/h5-9,12-14,30H,2-4,10-11H2,1H3,(H,26,29,31). The Morgan fingerprint density at radius 2 is 1.86 bits per heavy atom. The molecule has 1 aromatic heterocycles. The molecule has 0 unspecified atom stereocenters. The topological polar surface area (TPSA) is 134 Å². The van der Waals surface area contributed by atoms with Crippen molar-refractivity contribution in [3.05, 3.63) is 73.9 Å². The number of nitrogens with zero attached hydrogens (tertiary/aromatic N) is 3. The van der Waals surface area contributed by atoms with Crippen molar-refractivity contribution in [1.29, 1.82) is 0 Å². The van der Waals surface area contributed by atoms with Crippen LogP contribution in [0.3, 0.4) is 0 Å². The Bertz CT molecular complexity index is 1510. The highest BCUT2D eigenvalue weighted by Crippen LogP contribution is 2.32. The zero-order chi connectivity index (χ0) is 25.2. The summed E-state index contributed by atoms with van der Waals surface area (Å²) in [6, 6.07) is 10.4. The minimum absolute atomic E-state index is 0.0744. The van der Waals surface area contributed by atoms with E-state index in [1.54, 1.807) is 12.1 Å². The summed E-state index contributed by atoms with van der Waals surface area (Å²) in [5.74, 6) is -0.466. The van der Waals surface area contributed by atoms with E-state index >= 15 is 0 Å². The molecule has 12 heteroatoms. The monoisotopic (exact) mass is 518 g/mol. The van der Waals surface area contributed by atoms with Crippen LogP contribution >= 0.6 is 11.6 Å². The van der Waals surface area contributed by atoms with Gasteiger partial charge in [0, 0.05) is 30.4 Å². The Labute approximate surface area is 206 Å².